The predicted molar refractivity (Wildman–Crippen MR) is 69.6 cm³/mol. The molecule has 1 heteroatoms. The molecule has 1 aliphatic carbocycles. The molecule has 0 aromatic heterocycles. The molecule has 0 radical (unpaired) electrons. The first-order valence-electron chi connectivity index (χ1n) is 6.54. The molecular formula is C15H23N. The monoisotopic (exact) mass is 217 g/mol. The third-order valence-corrected chi connectivity index (χ3v) is 4.10. The van der Waals surface area contributed by atoms with Crippen molar-refractivity contribution >= 4 is 0 Å². The van der Waals surface area contributed by atoms with E-state index in [9.17, 15) is 0 Å². The molecule has 0 saturated heterocycles. The Bertz CT molecular complexity index is 314. The Balaban J connectivity index is 2.26. The van der Waals surface area contributed by atoms with Gasteiger partial charge in [0.15, 0.2) is 0 Å². The lowest BCUT2D eigenvalue weighted by Crippen LogP contribution is -2.31. The quantitative estimate of drug-likeness (QED) is 0.823. The molecule has 0 amide bonds. The van der Waals surface area contributed by atoms with Gasteiger partial charge in [0.1, 0.15) is 0 Å². The van der Waals surface area contributed by atoms with Crippen LogP contribution >= 0.6 is 0 Å². The van der Waals surface area contributed by atoms with E-state index in [1.165, 1.54) is 43.2 Å². The Hall–Kier alpha value is -0.820. The van der Waals surface area contributed by atoms with Crippen LogP contribution in [0.2, 0.25) is 0 Å². The van der Waals surface area contributed by atoms with Crippen LogP contribution in [0.4, 0.5) is 0 Å². The lowest BCUT2D eigenvalue weighted by Gasteiger charge is -2.38. The van der Waals surface area contributed by atoms with Crippen LogP contribution in [0.3, 0.4) is 0 Å². The zero-order valence-corrected chi connectivity index (χ0v) is 10.3. The second-order valence-corrected chi connectivity index (χ2v) is 5.25. The average molecular weight is 217 g/mol. The van der Waals surface area contributed by atoms with Gasteiger partial charge in [0.05, 0.1) is 0 Å². The Labute approximate surface area is 99.0 Å². The van der Waals surface area contributed by atoms with Crippen molar-refractivity contribution in [1.82, 2.24) is 0 Å². The van der Waals surface area contributed by atoms with Crippen molar-refractivity contribution in [2.24, 2.45) is 5.73 Å². The predicted octanol–water partition coefficient (Wildman–Crippen LogP) is 3.55. The van der Waals surface area contributed by atoms with Crippen LogP contribution in [0.15, 0.2) is 24.3 Å². The fourth-order valence-electron chi connectivity index (χ4n) is 3.09. The van der Waals surface area contributed by atoms with Gasteiger partial charge >= 0.3 is 0 Å². The standard InChI is InChI=1S/C15H23N/c1-13-5-7-14(8-6-13)15(11-12-16)9-3-2-4-10-15/h5-8H,2-4,9-12,16H2,1H3. The van der Waals surface area contributed by atoms with Gasteiger partial charge in [0, 0.05) is 0 Å². The second-order valence-electron chi connectivity index (χ2n) is 5.25. The maximum atomic E-state index is 5.81. The molecule has 1 saturated carbocycles. The summed E-state index contributed by atoms with van der Waals surface area (Å²) in [6.45, 7) is 2.97. The highest BCUT2D eigenvalue weighted by Gasteiger charge is 2.32. The Kier molecular flexibility index (Phi) is 3.65. The molecule has 0 unspecified atom stereocenters. The van der Waals surface area contributed by atoms with Gasteiger partial charge in [-0.2, -0.15) is 0 Å². The highest BCUT2D eigenvalue weighted by atomic mass is 14.5. The van der Waals surface area contributed by atoms with E-state index in [0.29, 0.717) is 5.41 Å². The van der Waals surface area contributed by atoms with E-state index in [4.69, 9.17) is 5.73 Å². The van der Waals surface area contributed by atoms with Crippen LogP contribution in [0.1, 0.15) is 49.7 Å². The molecule has 0 heterocycles. The summed E-state index contributed by atoms with van der Waals surface area (Å²) in [6.07, 6.45) is 7.94. The maximum Gasteiger partial charge on any atom is -0.00350 e. The van der Waals surface area contributed by atoms with Gasteiger partial charge in [0.2, 0.25) is 0 Å². The minimum absolute atomic E-state index is 0.390. The van der Waals surface area contributed by atoms with E-state index < -0.39 is 0 Å². The van der Waals surface area contributed by atoms with Crippen molar-refractivity contribution in [3.63, 3.8) is 0 Å². The molecule has 0 bridgehead atoms. The second kappa shape index (κ2) is 5.01. The minimum atomic E-state index is 0.390. The van der Waals surface area contributed by atoms with Crippen molar-refractivity contribution in [2.75, 3.05) is 6.54 Å². The van der Waals surface area contributed by atoms with Gasteiger partial charge in [-0.25, -0.2) is 0 Å². The van der Waals surface area contributed by atoms with Crippen LogP contribution in [0, 0.1) is 6.92 Å². The summed E-state index contributed by atoms with van der Waals surface area (Å²) in [5, 5.41) is 0. The third-order valence-electron chi connectivity index (χ3n) is 4.10. The van der Waals surface area contributed by atoms with E-state index in [1.54, 1.807) is 0 Å². The summed E-state index contributed by atoms with van der Waals surface area (Å²) < 4.78 is 0. The van der Waals surface area contributed by atoms with E-state index in [2.05, 4.69) is 31.2 Å². The molecule has 0 aliphatic heterocycles. The number of aryl methyl sites for hydroxylation is 1. The Morgan fingerprint density at radius 1 is 1.06 bits per heavy atom. The number of nitrogens with two attached hydrogens (primary N) is 1. The molecule has 1 fully saturated rings. The van der Waals surface area contributed by atoms with E-state index >= 15 is 0 Å². The van der Waals surface area contributed by atoms with E-state index in [0.717, 1.165) is 13.0 Å². The molecule has 1 nitrogen and oxygen atoms in total. The number of hydrogen-bond donors (Lipinski definition) is 1. The molecule has 2 rings (SSSR count). The first kappa shape index (κ1) is 11.7. The molecule has 0 atom stereocenters. The average Bonchev–Trinajstić information content (AvgIpc) is 2.31. The summed E-state index contributed by atoms with van der Waals surface area (Å²) in [5.41, 5.74) is 9.07. The van der Waals surface area contributed by atoms with Gasteiger partial charge in [-0.1, -0.05) is 49.1 Å². The largest absolute Gasteiger partial charge is 0.330 e. The highest BCUT2D eigenvalue weighted by molar-refractivity contribution is 5.29. The summed E-state index contributed by atoms with van der Waals surface area (Å²) in [5.74, 6) is 0. The van der Waals surface area contributed by atoms with Gasteiger partial charge in [-0.3, -0.25) is 0 Å². The minimum Gasteiger partial charge on any atom is -0.330 e. The van der Waals surface area contributed by atoms with Crippen LogP contribution in [0.5, 0.6) is 0 Å². The molecule has 16 heavy (non-hydrogen) atoms. The van der Waals surface area contributed by atoms with Crippen LogP contribution in [0.25, 0.3) is 0 Å². The van der Waals surface area contributed by atoms with Crippen LogP contribution < -0.4 is 5.73 Å². The zero-order chi connectivity index (χ0) is 11.4. The first-order valence-corrected chi connectivity index (χ1v) is 6.54. The topological polar surface area (TPSA) is 26.0 Å². The number of hydrogen-bond acceptors (Lipinski definition) is 1. The van der Waals surface area contributed by atoms with Gasteiger partial charge in [-0.05, 0) is 43.7 Å². The van der Waals surface area contributed by atoms with Crippen molar-refractivity contribution in [3.8, 4) is 0 Å². The van der Waals surface area contributed by atoms with Crippen molar-refractivity contribution in [3.05, 3.63) is 35.4 Å². The maximum absolute atomic E-state index is 5.81. The summed E-state index contributed by atoms with van der Waals surface area (Å²) in [4.78, 5) is 0. The van der Waals surface area contributed by atoms with Crippen molar-refractivity contribution in [2.45, 2.75) is 50.9 Å². The fourth-order valence-corrected chi connectivity index (χ4v) is 3.09. The van der Waals surface area contributed by atoms with Crippen molar-refractivity contribution in [1.29, 1.82) is 0 Å². The van der Waals surface area contributed by atoms with Gasteiger partial charge in [0.25, 0.3) is 0 Å². The van der Waals surface area contributed by atoms with Gasteiger partial charge in [-0.15, -0.1) is 0 Å². The molecule has 88 valence electrons. The Morgan fingerprint density at radius 2 is 1.69 bits per heavy atom. The van der Waals surface area contributed by atoms with Crippen LogP contribution in [-0.4, -0.2) is 6.54 Å². The lowest BCUT2D eigenvalue weighted by atomic mass is 9.67. The SMILES string of the molecule is Cc1ccc(C2(CCN)CCCCC2)cc1. The van der Waals surface area contributed by atoms with Gasteiger partial charge < -0.3 is 5.73 Å². The smallest absolute Gasteiger partial charge is 0.00350 e. The number of benzene rings is 1. The fraction of sp³-hybridized carbons (Fsp3) is 0.600. The summed E-state index contributed by atoms with van der Waals surface area (Å²) >= 11 is 0. The molecule has 2 N–H and O–H groups in total. The van der Waals surface area contributed by atoms with Crippen molar-refractivity contribution < 1.29 is 0 Å². The summed E-state index contributed by atoms with van der Waals surface area (Å²) in [6, 6.07) is 9.11. The molecule has 0 spiro atoms. The molecule has 1 aromatic carbocycles. The van der Waals surface area contributed by atoms with Crippen LogP contribution in [-0.2, 0) is 5.41 Å². The number of rotatable bonds is 3. The molecule has 1 aromatic rings. The summed E-state index contributed by atoms with van der Waals surface area (Å²) in [7, 11) is 0. The lowest BCUT2D eigenvalue weighted by molar-refractivity contribution is 0.277. The normalized spacial score (nSPS) is 19.6. The third kappa shape index (κ3) is 2.30. The molecule has 1 aliphatic rings. The van der Waals surface area contributed by atoms with E-state index in [1.807, 2.05) is 0 Å². The zero-order valence-electron chi connectivity index (χ0n) is 10.3. The Morgan fingerprint density at radius 3 is 2.25 bits per heavy atom. The molecular weight excluding hydrogens is 194 g/mol. The highest BCUT2D eigenvalue weighted by Crippen LogP contribution is 2.41. The first-order chi connectivity index (χ1) is 7.77. The van der Waals surface area contributed by atoms with E-state index in [-0.39, 0.29) is 0 Å².